The van der Waals surface area contributed by atoms with E-state index in [2.05, 4.69) is 29.4 Å². The highest BCUT2D eigenvalue weighted by Gasteiger charge is 2.44. The van der Waals surface area contributed by atoms with E-state index in [0.29, 0.717) is 6.42 Å². The van der Waals surface area contributed by atoms with Crippen molar-refractivity contribution in [2.75, 3.05) is 20.6 Å². The van der Waals surface area contributed by atoms with Gasteiger partial charge in [-0.1, -0.05) is 25.1 Å². The van der Waals surface area contributed by atoms with Gasteiger partial charge in [0.05, 0.1) is 6.04 Å². The molecule has 1 aromatic heterocycles. The molecule has 0 bridgehead atoms. The van der Waals surface area contributed by atoms with E-state index in [4.69, 9.17) is 0 Å². The Hall–Kier alpha value is -2.67. The Bertz CT molecular complexity index is 910. The first-order valence-electron chi connectivity index (χ1n) is 9.32. The van der Waals surface area contributed by atoms with Gasteiger partial charge in [-0.25, -0.2) is 4.79 Å². The largest absolute Gasteiger partial charge is 0.357 e. The normalized spacial score (nSPS) is 22.5. The molecule has 0 radical (unpaired) electrons. The van der Waals surface area contributed by atoms with Crippen molar-refractivity contribution in [1.82, 2.24) is 20.1 Å². The van der Waals surface area contributed by atoms with Crippen molar-refractivity contribution in [2.45, 2.75) is 25.8 Å². The van der Waals surface area contributed by atoms with Gasteiger partial charge in [0.15, 0.2) is 0 Å². The summed E-state index contributed by atoms with van der Waals surface area (Å²) in [6, 6.07) is 7.72. The molecule has 2 aliphatic heterocycles. The quantitative estimate of drug-likeness (QED) is 0.812. The summed E-state index contributed by atoms with van der Waals surface area (Å²) in [6.45, 7) is 2.91. The van der Waals surface area contributed by atoms with Crippen molar-refractivity contribution in [1.29, 1.82) is 0 Å². The number of imide groups is 2. The Kier molecular flexibility index (Phi) is 4.26. The number of nitrogens with zero attached hydrogens (tertiary/aromatic N) is 2. The minimum atomic E-state index is -0.816. The molecule has 3 heterocycles. The third-order valence-corrected chi connectivity index (χ3v) is 5.90. The number of para-hydroxylation sites is 1. The van der Waals surface area contributed by atoms with E-state index in [9.17, 15) is 14.4 Å². The second-order valence-electron chi connectivity index (χ2n) is 7.59. The number of barbiturate groups is 1. The SMILES string of the molecule is CC(CC1C(=O)N(C)C(=O)N(C)C1=O)C1NCCc2c1[nH]c1ccccc21. The van der Waals surface area contributed by atoms with Gasteiger partial charge in [0.25, 0.3) is 0 Å². The van der Waals surface area contributed by atoms with Gasteiger partial charge in [0, 0.05) is 30.7 Å². The highest BCUT2D eigenvalue weighted by atomic mass is 16.2. The third kappa shape index (κ3) is 2.73. The number of aromatic amines is 1. The molecule has 142 valence electrons. The summed E-state index contributed by atoms with van der Waals surface area (Å²) in [5, 5.41) is 4.78. The second-order valence-corrected chi connectivity index (χ2v) is 7.59. The Balaban J connectivity index is 1.61. The average Bonchev–Trinajstić information content (AvgIpc) is 3.06. The molecule has 1 fully saturated rings. The number of aromatic nitrogens is 1. The fourth-order valence-corrected chi connectivity index (χ4v) is 4.39. The molecule has 2 aliphatic rings. The minimum absolute atomic E-state index is 0.0370. The number of benzene rings is 1. The summed E-state index contributed by atoms with van der Waals surface area (Å²) >= 11 is 0. The molecular formula is C20H24N4O3. The molecule has 4 amide bonds. The van der Waals surface area contributed by atoms with E-state index in [0.717, 1.165) is 34.0 Å². The van der Waals surface area contributed by atoms with Crippen LogP contribution in [0.2, 0.25) is 0 Å². The topological polar surface area (TPSA) is 85.5 Å². The van der Waals surface area contributed by atoms with Crippen molar-refractivity contribution in [3.05, 3.63) is 35.5 Å². The Morgan fingerprint density at radius 2 is 1.78 bits per heavy atom. The van der Waals surface area contributed by atoms with Gasteiger partial charge >= 0.3 is 6.03 Å². The molecule has 7 nitrogen and oxygen atoms in total. The summed E-state index contributed by atoms with van der Waals surface area (Å²) < 4.78 is 0. The number of carbonyl (C=O) groups is 3. The minimum Gasteiger partial charge on any atom is -0.357 e. The lowest BCUT2D eigenvalue weighted by Gasteiger charge is -2.36. The Labute approximate surface area is 157 Å². The highest BCUT2D eigenvalue weighted by Crippen LogP contribution is 2.36. The number of urea groups is 1. The van der Waals surface area contributed by atoms with Gasteiger partial charge in [-0.15, -0.1) is 0 Å². The van der Waals surface area contributed by atoms with Crippen LogP contribution in [0, 0.1) is 11.8 Å². The summed E-state index contributed by atoms with van der Waals surface area (Å²) in [7, 11) is 2.86. The van der Waals surface area contributed by atoms with Crippen LogP contribution in [0.3, 0.4) is 0 Å². The molecule has 2 atom stereocenters. The van der Waals surface area contributed by atoms with Crippen LogP contribution in [-0.4, -0.2) is 53.3 Å². The number of hydrogen-bond acceptors (Lipinski definition) is 4. The van der Waals surface area contributed by atoms with Crippen LogP contribution >= 0.6 is 0 Å². The molecule has 2 unspecified atom stereocenters. The zero-order valence-corrected chi connectivity index (χ0v) is 15.8. The lowest BCUT2D eigenvalue weighted by molar-refractivity contribution is -0.148. The van der Waals surface area contributed by atoms with Crippen LogP contribution in [0.1, 0.15) is 30.6 Å². The number of hydrogen-bond donors (Lipinski definition) is 2. The molecule has 0 spiro atoms. The third-order valence-electron chi connectivity index (χ3n) is 5.90. The van der Waals surface area contributed by atoms with Crippen molar-refractivity contribution in [2.24, 2.45) is 11.8 Å². The van der Waals surface area contributed by atoms with Gasteiger partial charge in [-0.2, -0.15) is 0 Å². The summed E-state index contributed by atoms with van der Waals surface area (Å²) in [5.41, 5.74) is 3.56. The number of H-pyrrole nitrogens is 1. The zero-order valence-electron chi connectivity index (χ0n) is 15.8. The molecule has 27 heavy (non-hydrogen) atoms. The number of rotatable bonds is 3. The van der Waals surface area contributed by atoms with Gasteiger partial charge in [0.2, 0.25) is 11.8 Å². The lowest BCUT2D eigenvalue weighted by Crippen LogP contribution is -2.57. The van der Waals surface area contributed by atoms with E-state index in [1.807, 2.05) is 12.1 Å². The van der Waals surface area contributed by atoms with E-state index in [1.54, 1.807) is 0 Å². The van der Waals surface area contributed by atoms with Crippen molar-refractivity contribution < 1.29 is 14.4 Å². The first-order chi connectivity index (χ1) is 12.9. The predicted molar refractivity (Wildman–Crippen MR) is 101 cm³/mol. The average molecular weight is 368 g/mol. The maximum absolute atomic E-state index is 12.5. The zero-order chi connectivity index (χ0) is 19.3. The van der Waals surface area contributed by atoms with Crippen molar-refractivity contribution in [3.8, 4) is 0 Å². The fraction of sp³-hybridized carbons (Fsp3) is 0.450. The van der Waals surface area contributed by atoms with E-state index >= 15 is 0 Å². The van der Waals surface area contributed by atoms with Gasteiger partial charge in [0.1, 0.15) is 5.92 Å². The number of nitrogens with one attached hydrogen (secondary N) is 2. The first-order valence-corrected chi connectivity index (χ1v) is 9.32. The fourth-order valence-electron chi connectivity index (χ4n) is 4.39. The summed E-state index contributed by atoms with van der Waals surface area (Å²) in [5.74, 6) is -1.60. The van der Waals surface area contributed by atoms with Crippen LogP contribution in [0.5, 0.6) is 0 Å². The van der Waals surface area contributed by atoms with E-state index in [-0.39, 0.29) is 12.0 Å². The van der Waals surface area contributed by atoms with E-state index < -0.39 is 23.8 Å². The number of carbonyl (C=O) groups excluding carboxylic acids is 3. The number of amides is 4. The second kappa shape index (κ2) is 6.49. The van der Waals surface area contributed by atoms with Gasteiger partial charge in [-0.05, 0) is 36.9 Å². The Morgan fingerprint density at radius 3 is 2.48 bits per heavy atom. The van der Waals surface area contributed by atoms with E-state index in [1.165, 1.54) is 25.0 Å². The molecule has 2 aromatic rings. The standard InChI is InChI=1S/C20H24N4O3/c1-11(10-14-18(25)23(2)20(27)24(3)19(14)26)16-17-13(8-9-21-16)12-6-4-5-7-15(12)22-17/h4-7,11,14,16,21-22H,8-10H2,1-3H3. The monoisotopic (exact) mass is 368 g/mol. The molecule has 0 saturated carbocycles. The van der Waals surface area contributed by atoms with Crippen molar-refractivity contribution >= 4 is 28.7 Å². The lowest BCUT2D eigenvalue weighted by atomic mass is 9.84. The molecule has 1 aromatic carbocycles. The maximum Gasteiger partial charge on any atom is 0.332 e. The molecule has 7 heteroatoms. The summed E-state index contributed by atoms with van der Waals surface area (Å²) in [4.78, 5) is 42.6. The van der Waals surface area contributed by atoms with Crippen LogP contribution in [0.15, 0.2) is 24.3 Å². The molecule has 1 saturated heterocycles. The smallest absolute Gasteiger partial charge is 0.332 e. The van der Waals surface area contributed by atoms with Gasteiger partial charge in [-0.3, -0.25) is 19.4 Å². The van der Waals surface area contributed by atoms with Crippen LogP contribution < -0.4 is 5.32 Å². The molecule has 0 aliphatic carbocycles. The van der Waals surface area contributed by atoms with Gasteiger partial charge < -0.3 is 10.3 Å². The highest BCUT2D eigenvalue weighted by molar-refractivity contribution is 6.15. The Morgan fingerprint density at radius 1 is 1.11 bits per heavy atom. The molecule has 4 rings (SSSR count). The van der Waals surface area contributed by atoms with Crippen LogP contribution in [0.25, 0.3) is 10.9 Å². The first kappa shape index (κ1) is 17.7. The van der Waals surface area contributed by atoms with Crippen LogP contribution in [-0.2, 0) is 16.0 Å². The maximum atomic E-state index is 12.5. The van der Waals surface area contributed by atoms with Crippen molar-refractivity contribution in [3.63, 3.8) is 0 Å². The molecular weight excluding hydrogens is 344 g/mol. The summed E-state index contributed by atoms with van der Waals surface area (Å²) in [6.07, 6.45) is 1.34. The van der Waals surface area contributed by atoms with Crippen LogP contribution in [0.4, 0.5) is 4.79 Å². The number of fused-ring (bicyclic) bond motifs is 3. The molecule has 2 N–H and O–H groups in total. The predicted octanol–water partition coefficient (Wildman–Crippen LogP) is 2.05.